The molecule has 3 heteroatoms. The zero-order valence-corrected chi connectivity index (χ0v) is 8.94. The van der Waals surface area contributed by atoms with Crippen LogP contribution in [0.15, 0.2) is 0 Å². The molecule has 0 aromatic heterocycles. The minimum Gasteiger partial charge on any atom is -0.363 e. The predicted molar refractivity (Wildman–Crippen MR) is 57.1 cm³/mol. The van der Waals surface area contributed by atoms with E-state index in [0.29, 0.717) is 6.23 Å². The van der Waals surface area contributed by atoms with E-state index in [1.165, 1.54) is 37.9 Å². The predicted octanol–water partition coefficient (Wildman–Crippen LogP) is 2.00. The Hall–Kier alpha value is 0.270. The smallest absolute Gasteiger partial charge is 0.109 e. The fourth-order valence-electron chi connectivity index (χ4n) is 2.00. The molecule has 1 N–H and O–H groups in total. The summed E-state index contributed by atoms with van der Waals surface area (Å²) in [7, 11) is 0. The maximum Gasteiger partial charge on any atom is 0.109 e. The summed E-state index contributed by atoms with van der Waals surface area (Å²) < 4.78 is 5.66. The van der Waals surface area contributed by atoms with E-state index in [0.717, 1.165) is 18.4 Å². The van der Waals surface area contributed by atoms with Crippen LogP contribution in [0.25, 0.3) is 0 Å². The molecule has 0 aromatic rings. The van der Waals surface area contributed by atoms with E-state index in [2.05, 4.69) is 17.1 Å². The molecular formula is C10H19NOS. The summed E-state index contributed by atoms with van der Waals surface area (Å²) in [4.78, 5) is 0. The Bertz CT molecular complexity index is 126. The van der Waals surface area contributed by atoms with Gasteiger partial charge >= 0.3 is 0 Å². The molecule has 2 unspecified atom stereocenters. The van der Waals surface area contributed by atoms with Crippen molar-refractivity contribution in [3.05, 3.63) is 0 Å². The number of hydrogen-bond donors (Lipinski definition) is 1. The largest absolute Gasteiger partial charge is 0.363 e. The van der Waals surface area contributed by atoms with Crippen molar-refractivity contribution in [3.63, 3.8) is 0 Å². The topological polar surface area (TPSA) is 21.3 Å². The van der Waals surface area contributed by atoms with Gasteiger partial charge in [-0.1, -0.05) is 6.42 Å². The molecule has 0 aromatic carbocycles. The number of thioether (sulfide) groups is 1. The van der Waals surface area contributed by atoms with Gasteiger partial charge in [-0.15, -0.1) is 0 Å². The lowest BCUT2D eigenvalue weighted by molar-refractivity contribution is -0.00416. The lowest BCUT2D eigenvalue weighted by atomic mass is 10.1. The fourth-order valence-corrected chi connectivity index (χ4v) is 3.35. The maximum atomic E-state index is 5.66. The second-order valence-electron chi connectivity index (χ2n) is 3.89. The summed E-state index contributed by atoms with van der Waals surface area (Å²) in [5.41, 5.74) is 0. The first-order chi connectivity index (χ1) is 6.45. The third kappa shape index (κ3) is 3.15. The summed E-state index contributed by atoms with van der Waals surface area (Å²) >= 11 is 2.14. The van der Waals surface area contributed by atoms with Gasteiger partial charge in [0.2, 0.25) is 0 Å². The van der Waals surface area contributed by atoms with Crippen LogP contribution in [0.2, 0.25) is 0 Å². The van der Waals surface area contributed by atoms with E-state index in [-0.39, 0.29) is 0 Å². The summed E-state index contributed by atoms with van der Waals surface area (Å²) in [6.45, 7) is 2.09. The Morgan fingerprint density at radius 2 is 2.31 bits per heavy atom. The highest BCUT2D eigenvalue weighted by Crippen LogP contribution is 2.28. The third-order valence-electron chi connectivity index (χ3n) is 2.76. The van der Waals surface area contributed by atoms with Gasteiger partial charge in [0.1, 0.15) is 6.23 Å². The van der Waals surface area contributed by atoms with Gasteiger partial charge in [-0.3, -0.25) is 5.32 Å². The van der Waals surface area contributed by atoms with E-state index in [1.807, 2.05) is 0 Å². The Morgan fingerprint density at radius 1 is 1.31 bits per heavy atom. The van der Waals surface area contributed by atoms with Crippen molar-refractivity contribution in [3.8, 4) is 0 Å². The van der Waals surface area contributed by atoms with Crippen molar-refractivity contribution in [1.29, 1.82) is 0 Å². The second-order valence-corrected chi connectivity index (χ2v) is 5.30. The van der Waals surface area contributed by atoms with Crippen molar-refractivity contribution in [2.75, 3.05) is 18.9 Å². The van der Waals surface area contributed by atoms with Gasteiger partial charge in [0, 0.05) is 11.9 Å². The van der Waals surface area contributed by atoms with Gasteiger partial charge in [-0.25, -0.2) is 0 Å². The quantitative estimate of drug-likeness (QED) is 0.738. The highest BCUT2D eigenvalue weighted by molar-refractivity contribution is 7.99. The fraction of sp³-hybridized carbons (Fsp3) is 1.00. The van der Waals surface area contributed by atoms with Crippen LogP contribution in [0.5, 0.6) is 0 Å². The Labute approximate surface area is 84.8 Å². The average Bonchev–Trinajstić information content (AvgIpc) is 2.21. The van der Waals surface area contributed by atoms with E-state index >= 15 is 0 Å². The molecule has 76 valence electrons. The van der Waals surface area contributed by atoms with Crippen LogP contribution in [-0.4, -0.2) is 30.4 Å². The molecule has 0 amide bonds. The Morgan fingerprint density at radius 3 is 3.00 bits per heavy atom. The van der Waals surface area contributed by atoms with Crippen LogP contribution in [0.1, 0.15) is 32.1 Å². The monoisotopic (exact) mass is 201 g/mol. The molecule has 2 aliphatic rings. The molecule has 2 atom stereocenters. The zero-order valence-electron chi connectivity index (χ0n) is 8.13. The summed E-state index contributed by atoms with van der Waals surface area (Å²) in [5, 5.41) is 4.28. The van der Waals surface area contributed by atoms with Gasteiger partial charge in [0.25, 0.3) is 0 Å². The van der Waals surface area contributed by atoms with Gasteiger partial charge < -0.3 is 4.74 Å². The van der Waals surface area contributed by atoms with E-state index in [9.17, 15) is 0 Å². The highest BCUT2D eigenvalue weighted by Gasteiger charge is 2.20. The molecule has 2 heterocycles. The minimum absolute atomic E-state index is 0.351. The van der Waals surface area contributed by atoms with Crippen molar-refractivity contribution in [2.24, 2.45) is 0 Å². The molecule has 0 saturated carbocycles. The highest BCUT2D eigenvalue weighted by atomic mass is 32.2. The van der Waals surface area contributed by atoms with Crippen LogP contribution in [-0.2, 0) is 4.74 Å². The molecule has 2 saturated heterocycles. The lowest BCUT2D eigenvalue weighted by Crippen LogP contribution is -2.40. The van der Waals surface area contributed by atoms with Gasteiger partial charge in [-0.2, -0.15) is 11.8 Å². The van der Waals surface area contributed by atoms with Crippen LogP contribution in [0.3, 0.4) is 0 Å². The molecule has 0 aliphatic carbocycles. The third-order valence-corrected chi connectivity index (χ3v) is 4.19. The average molecular weight is 201 g/mol. The standard InChI is InChI=1S/C10H19NOS/c1-2-7-13-9(4-1)8-10-11-5-3-6-12-10/h9-11H,1-8H2. The summed E-state index contributed by atoms with van der Waals surface area (Å²) in [5.74, 6) is 1.36. The van der Waals surface area contributed by atoms with Gasteiger partial charge in [0.15, 0.2) is 0 Å². The first kappa shape index (κ1) is 9.81. The first-order valence-electron chi connectivity index (χ1n) is 5.42. The Balaban J connectivity index is 1.69. The van der Waals surface area contributed by atoms with Crippen LogP contribution < -0.4 is 5.32 Å². The molecular weight excluding hydrogens is 182 g/mol. The van der Waals surface area contributed by atoms with Crippen LogP contribution in [0.4, 0.5) is 0 Å². The van der Waals surface area contributed by atoms with E-state index in [4.69, 9.17) is 4.74 Å². The molecule has 0 spiro atoms. The SMILES string of the molecule is C1CNC(CC2CCCCS2)OC1. The molecule has 2 fully saturated rings. The van der Waals surface area contributed by atoms with Crippen LogP contribution in [0, 0.1) is 0 Å². The summed E-state index contributed by atoms with van der Waals surface area (Å²) in [6.07, 6.45) is 6.97. The molecule has 2 rings (SSSR count). The molecule has 0 radical (unpaired) electrons. The molecule has 13 heavy (non-hydrogen) atoms. The number of ether oxygens (including phenoxy) is 1. The molecule has 2 nitrogen and oxygen atoms in total. The van der Waals surface area contributed by atoms with Crippen molar-refractivity contribution in [2.45, 2.75) is 43.6 Å². The lowest BCUT2D eigenvalue weighted by Gasteiger charge is -2.29. The van der Waals surface area contributed by atoms with Crippen molar-refractivity contribution < 1.29 is 4.74 Å². The van der Waals surface area contributed by atoms with E-state index in [1.54, 1.807) is 0 Å². The number of rotatable bonds is 2. The number of hydrogen-bond acceptors (Lipinski definition) is 3. The molecule has 0 bridgehead atoms. The summed E-state index contributed by atoms with van der Waals surface area (Å²) in [6, 6.07) is 0. The van der Waals surface area contributed by atoms with Gasteiger partial charge in [0.05, 0.1) is 0 Å². The number of nitrogens with one attached hydrogen (secondary N) is 1. The maximum absolute atomic E-state index is 5.66. The van der Waals surface area contributed by atoms with E-state index < -0.39 is 0 Å². The van der Waals surface area contributed by atoms with Crippen molar-refractivity contribution in [1.82, 2.24) is 5.32 Å². The Kier molecular flexibility index (Phi) is 3.94. The van der Waals surface area contributed by atoms with Gasteiger partial charge in [-0.05, 0) is 38.0 Å². The molecule has 2 aliphatic heterocycles. The zero-order chi connectivity index (χ0) is 8.93. The van der Waals surface area contributed by atoms with Crippen molar-refractivity contribution >= 4 is 11.8 Å². The second kappa shape index (κ2) is 5.23. The first-order valence-corrected chi connectivity index (χ1v) is 6.46. The minimum atomic E-state index is 0.351. The van der Waals surface area contributed by atoms with Crippen LogP contribution >= 0.6 is 11.8 Å². The normalized spacial score (nSPS) is 36.0.